The molecule has 0 atom stereocenters. The minimum absolute atomic E-state index is 0. The lowest BCUT2D eigenvalue weighted by Crippen LogP contribution is -2.50. The predicted molar refractivity (Wildman–Crippen MR) is 221 cm³/mol. The molecule has 0 heterocycles. The van der Waals surface area contributed by atoms with Gasteiger partial charge in [-0.1, -0.05) is 14.9 Å². The summed E-state index contributed by atoms with van der Waals surface area (Å²) in [5.41, 5.74) is 0. The first-order valence-electron chi connectivity index (χ1n) is 16.0. The third-order valence-electron chi connectivity index (χ3n) is 4.93. The highest BCUT2D eigenvalue weighted by molar-refractivity contribution is 4.58. The molecule has 0 aliphatic carbocycles. The van der Waals surface area contributed by atoms with Crippen molar-refractivity contribution in [2.45, 2.75) is 21.1 Å². The van der Waals surface area contributed by atoms with E-state index in [0.29, 0.717) is 6.29 Å². The largest absolute Gasteiger partial charge is 0.323 e. The van der Waals surface area contributed by atoms with E-state index in [0.717, 1.165) is 46.7 Å². The van der Waals surface area contributed by atoms with Crippen molar-refractivity contribution in [3.05, 3.63) is 0 Å². The van der Waals surface area contributed by atoms with Crippen molar-refractivity contribution in [2.24, 2.45) is 0 Å². The first-order chi connectivity index (χ1) is 20.8. The highest BCUT2D eigenvalue weighted by Gasteiger charge is 2.14. The van der Waals surface area contributed by atoms with E-state index < -0.39 is 0 Å². The van der Waals surface area contributed by atoms with Gasteiger partial charge in [-0.05, 0) is 169 Å². The van der Waals surface area contributed by atoms with Crippen molar-refractivity contribution in [1.82, 2.24) is 69.0 Å². The summed E-state index contributed by atoms with van der Waals surface area (Å²) in [6, 6.07) is 0. The summed E-state index contributed by atoms with van der Waals surface area (Å²) in [6.45, 7) is 7.01. The van der Waals surface area contributed by atoms with Crippen LogP contribution in [0.3, 0.4) is 0 Å². The first-order valence-corrected chi connectivity index (χ1v) is 16.0. The number of hydrogen-bond donors (Lipinski definition) is 1. The van der Waals surface area contributed by atoms with Gasteiger partial charge in [0.25, 0.3) is 0 Å². The Morgan fingerprint density at radius 2 is 0.500 bits per heavy atom. The minimum atomic E-state index is 0. The first kappa shape index (κ1) is 62.6. The van der Waals surface area contributed by atoms with Gasteiger partial charge in [-0.3, -0.25) is 63.7 Å². The summed E-state index contributed by atoms with van der Waals surface area (Å²) in [7, 11) is 49.6. The van der Waals surface area contributed by atoms with E-state index >= 15 is 0 Å². The fraction of sp³-hybridized carbons (Fsp3) is 1.00. The van der Waals surface area contributed by atoms with Gasteiger partial charge in [0.1, 0.15) is 6.29 Å². The smallest absolute Gasteiger partial charge is 0.118 e. The van der Waals surface area contributed by atoms with Gasteiger partial charge >= 0.3 is 0 Å². The molecule has 14 heteroatoms. The van der Waals surface area contributed by atoms with Crippen molar-refractivity contribution < 1.29 is 0 Å². The highest BCUT2D eigenvalue weighted by Crippen LogP contribution is 1.98. The third-order valence-corrected chi connectivity index (χ3v) is 4.93. The second kappa shape index (κ2) is 39.2. The normalized spacial score (nSPS) is 11.4. The summed E-state index contributed by atoms with van der Waals surface area (Å²) in [5.74, 6) is 0. The second-order valence-electron chi connectivity index (χ2n) is 14.7. The number of rotatable bonds is 17. The minimum Gasteiger partial charge on any atom is -0.323 e. The molecule has 0 aromatic heterocycles. The van der Waals surface area contributed by atoms with Gasteiger partial charge in [0.05, 0.1) is 40.0 Å². The van der Waals surface area contributed by atoms with E-state index in [-0.39, 0.29) is 14.9 Å². The Balaban J connectivity index is -0.0000000913. The van der Waals surface area contributed by atoms with Crippen LogP contribution in [0.25, 0.3) is 0 Å². The molecule has 0 spiro atoms. The van der Waals surface area contributed by atoms with Gasteiger partial charge in [0.15, 0.2) is 0 Å². The molecular formula is C34H96N14. The van der Waals surface area contributed by atoms with Crippen molar-refractivity contribution in [1.29, 1.82) is 0 Å². The number of nitrogens with zero attached hydrogens (tertiary/aromatic N) is 13. The molecule has 0 amide bonds. The van der Waals surface area contributed by atoms with Crippen LogP contribution >= 0.6 is 0 Å². The van der Waals surface area contributed by atoms with Gasteiger partial charge in [0, 0.05) is 6.67 Å². The maximum absolute atomic E-state index is 2.75. The Bertz CT molecular complexity index is 523. The predicted octanol–water partition coefficient (Wildman–Crippen LogP) is 0.821. The lowest BCUT2D eigenvalue weighted by molar-refractivity contribution is 0.00961. The molecule has 14 nitrogen and oxygen atoms in total. The monoisotopic (exact) mass is 701 g/mol. The van der Waals surface area contributed by atoms with Crippen molar-refractivity contribution >= 4 is 0 Å². The molecule has 0 saturated carbocycles. The van der Waals surface area contributed by atoms with E-state index in [2.05, 4.69) is 224 Å². The second-order valence-corrected chi connectivity index (χ2v) is 14.7. The molecule has 0 rings (SSSR count). The molecule has 0 radical (unpaired) electrons. The Labute approximate surface area is 305 Å². The van der Waals surface area contributed by atoms with Crippen LogP contribution in [-0.4, -0.2) is 286 Å². The third kappa shape index (κ3) is 57.7. The molecule has 0 saturated heterocycles. The van der Waals surface area contributed by atoms with Crippen LogP contribution < -0.4 is 5.32 Å². The Hall–Kier alpha value is -0.560. The van der Waals surface area contributed by atoms with Crippen LogP contribution in [-0.2, 0) is 0 Å². The van der Waals surface area contributed by atoms with Crippen LogP contribution in [0, 0.1) is 0 Å². The number of nitrogens with one attached hydrogen (secondary N) is 1. The molecule has 0 aromatic carbocycles. The van der Waals surface area contributed by atoms with E-state index in [9.17, 15) is 0 Å². The zero-order chi connectivity index (χ0) is 37.7. The molecule has 302 valence electrons. The average Bonchev–Trinajstić information content (AvgIpc) is 2.76. The molecule has 1 N–H and O–H groups in total. The molecule has 0 aliphatic heterocycles. The van der Waals surface area contributed by atoms with Crippen molar-refractivity contribution in [2.75, 3.05) is 216 Å². The fourth-order valence-electron chi connectivity index (χ4n) is 4.75. The molecule has 0 unspecified atom stereocenters. The maximum atomic E-state index is 2.75. The topological polar surface area (TPSA) is 54.2 Å². The molecule has 48 heavy (non-hydrogen) atoms. The van der Waals surface area contributed by atoms with Crippen LogP contribution in [0.15, 0.2) is 0 Å². The summed E-state index contributed by atoms with van der Waals surface area (Å²) in [4.78, 5) is 28.6. The van der Waals surface area contributed by atoms with Crippen LogP contribution in [0.2, 0.25) is 0 Å². The summed E-state index contributed by atoms with van der Waals surface area (Å²) in [5, 5.41) is 2.75. The van der Waals surface area contributed by atoms with Crippen molar-refractivity contribution in [3.8, 4) is 0 Å². The van der Waals surface area contributed by atoms with Gasteiger partial charge in [-0.15, -0.1) is 0 Å². The SMILES string of the molecule is C.C.CN(C)C(N(C)C)N(C)C.CN(C)CN(C)C.CN(C)CN(C)CN(C)CN(C)C.CN(C)CN(CN(C)C)CN(C)C.CNC. The summed E-state index contributed by atoms with van der Waals surface area (Å²) >= 11 is 0. The van der Waals surface area contributed by atoms with E-state index in [4.69, 9.17) is 0 Å². The summed E-state index contributed by atoms with van der Waals surface area (Å²) < 4.78 is 0. The fourth-order valence-corrected chi connectivity index (χ4v) is 4.75. The van der Waals surface area contributed by atoms with Gasteiger partial charge in [-0.2, -0.15) is 0 Å². The molecule has 0 aromatic rings. The van der Waals surface area contributed by atoms with Crippen LogP contribution in [0.5, 0.6) is 0 Å². The lowest BCUT2D eigenvalue weighted by atomic mass is 10.6. The Kier molecular flexibility index (Phi) is 51.1. The average molecular weight is 701 g/mol. The molecule has 0 aliphatic rings. The Morgan fingerprint density at radius 1 is 0.312 bits per heavy atom. The summed E-state index contributed by atoms with van der Waals surface area (Å²) in [6.07, 6.45) is 0.389. The van der Waals surface area contributed by atoms with Crippen LogP contribution in [0.4, 0.5) is 0 Å². The quantitative estimate of drug-likeness (QED) is 0.218. The van der Waals surface area contributed by atoms with E-state index in [1.165, 1.54) is 0 Å². The van der Waals surface area contributed by atoms with Gasteiger partial charge < -0.3 is 5.32 Å². The maximum Gasteiger partial charge on any atom is 0.118 e. The van der Waals surface area contributed by atoms with Gasteiger partial charge in [-0.25, -0.2) is 0 Å². The van der Waals surface area contributed by atoms with Crippen molar-refractivity contribution in [3.63, 3.8) is 0 Å². The lowest BCUT2D eigenvalue weighted by Gasteiger charge is -2.35. The van der Waals surface area contributed by atoms with E-state index in [1.54, 1.807) is 0 Å². The highest BCUT2D eigenvalue weighted by atomic mass is 15.5. The molecule has 0 bridgehead atoms. The standard InChI is InChI=1S/2C9H24N4.C7H19N3.C5H14N2.C2H7N.2CH4/c1-10(2)7-12(5)9-13(6)8-11(3)4;1-10(2)7-13(8-11(3)4)9-12(5)6;1-8(2)7(9(3)4)10(5)6;1-6(2)5-7(3)4;1-3-2;;/h2*7-9H2,1-6H3;7H,1-6H3;5H2,1-4H3;3H,1-2H3;2*1H4. The molecule has 0 fully saturated rings. The zero-order valence-corrected chi connectivity index (χ0v) is 35.8. The zero-order valence-electron chi connectivity index (χ0n) is 35.8. The van der Waals surface area contributed by atoms with Gasteiger partial charge in [0.2, 0.25) is 0 Å². The molecular weight excluding hydrogens is 604 g/mol. The van der Waals surface area contributed by atoms with Crippen LogP contribution in [0.1, 0.15) is 14.9 Å². The number of hydrogen-bond acceptors (Lipinski definition) is 14. The van der Waals surface area contributed by atoms with E-state index in [1.807, 2.05) is 14.1 Å². The Morgan fingerprint density at radius 3 is 0.604 bits per heavy atom.